The molecule has 0 unspecified atom stereocenters. The largest absolute Gasteiger partial charge is 0.487 e. The van der Waals surface area contributed by atoms with E-state index in [9.17, 15) is 23.1 Å². The number of nitrogens with zero attached hydrogens (tertiary/aromatic N) is 1. The van der Waals surface area contributed by atoms with Crippen LogP contribution in [0.15, 0.2) is 59.8 Å². The van der Waals surface area contributed by atoms with E-state index in [4.69, 9.17) is 4.74 Å². The number of sulfone groups is 1. The third-order valence-corrected chi connectivity index (χ3v) is 5.65. The van der Waals surface area contributed by atoms with Crippen molar-refractivity contribution in [3.63, 3.8) is 0 Å². The molecule has 0 aliphatic heterocycles. The van der Waals surface area contributed by atoms with Gasteiger partial charge < -0.3 is 15.2 Å². The Morgan fingerprint density at radius 1 is 1.10 bits per heavy atom. The molecule has 0 fully saturated rings. The molecule has 162 valence electrons. The molecule has 0 saturated carbocycles. The second-order valence-corrected chi connectivity index (χ2v) is 9.58. The molecule has 1 amide bonds. The number of benzene rings is 2. The summed E-state index contributed by atoms with van der Waals surface area (Å²) in [6.07, 6.45) is 2.47. The Hall–Kier alpha value is -3.46. The predicted octanol–water partition coefficient (Wildman–Crippen LogP) is 2.81. The van der Waals surface area contributed by atoms with E-state index in [-0.39, 0.29) is 17.2 Å². The van der Waals surface area contributed by atoms with Gasteiger partial charge in [0.05, 0.1) is 5.56 Å². The smallest absolute Gasteiger partial charge is 0.328 e. The van der Waals surface area contributed by atoms with E-state index < -0.39 is 27.3 Å². The zero-order valence-corrected chi connectivity index (χ0v) is 18.1. The van der Waals surface area contributed by atoms with Crippen molar-refractivity contribution in [3.05, 3.63) is 65.9 Å². The number of rotatable bonds is 7. The number of carboxylic acid groups (broad SMARTS) is 1. The molecule has 0 bridgehead atoms. The first kappa shape index (κ1) is 22.2. The third-order valence-electron chi connectivity index (χ3n) is 4.65. The van der Waals surface area contributed by atoms with E-state index in [1.54, 1.807) is 30.3 Å². The minimum atomic E-state index is -3.41. The van der Waals surface area contributed by atoms with Crippen molar-refractivity contribution in [2.75, 3.05) is 6.26 Å². The number of pyridine rings is 1. The molecule has 0 spiro atoms. The third kappa shape index (κ3) is 5.00. The minimum absolute atomic E-state index is 0.0354. The van der Waals surface area contributed by atoms with Gasteiger partial charge in [-0.25, -0.2) is 18.2 Å². The second-order valence-electron chi connectivity index (χ2n) is 7.61. The van der Waals surface area contributed by atoms with Crippen molar-refractivity contribution in [2.45, 2.75) is 31.0 Å². The number of aromatic nitrogens is 1. The molecule has 3 aromatic rings. The first-order valence-corrected chi connectivity index (χ1v) is 11.2. The Labute approximate surface area is 179 Å². The van der Waals surface area contributed by atoms with Crippen LogP contribution in [-0.4, -0.2) is 42.2 Å². The fraction of sp³-hybridized carbons (Fsp3) is 0.227. The number of amides is 1. The van der Waals surface area contributed by atoms with Crippen LogP contribution in [0.3, 0.4) is 0 Å². The van der Waals surface area contributed by atoms with Crippen LogP contribution in [0.5, 0.6) is 5.75 Å². The van der Waals surface area contributed by atoms with E-state index in [0.717, 1.165) is 11.6 Å². The summed E-state index contributed by atoms with van der Waals surface area (Å²) in [6, 6.07) is 13.6. The molecule has 3 rings (SSSR count). The molecule has 0 atom stereocenters. The summed E-state index contributed by atoms with van der Waals surface area (Å²) >= 11 is 0. The summed E-state index contributed by atoms with van der Waals surface area (Å²) in [7, 11) is -3.41. The summed E-state index contributed by atoms with van der Waals surface area (Å²) in [5.41, 5.74) is -0.669. The molecular weight excluding hydrogens is 420 g/mol. The van der Waals surface area contributed by atoms with Crippen molar-refractivity contribution < 1.29 is 27.9 Å². The number of aliphatic carboxylic acids is 1. The summed E-state index contributed by atoms with van der Waals surface area (Å²) in [5.74, 6) is -1.45. The Kier molecular flexibility index (Phi) is 5.99. The number of nitrogens with one attached hydrogen (secondary N) is 1. The monoisotopic (exact) mass is 442 g/mol. The van der Waals surface area contributed by atoms with Crippen LogP contribution in [0.4, 0.5) is 0 Å². The maximum atomic E-state index is 12.9. The number of hydrogen-bond donors (Lipinski definition) is 2. The molecule has 0 aliphatic carbocycles. The van der Waals surface area contributed by atoms with Gasteiger partial charge in [-0.1, -0.05) is 36.4 Å². The Morgan fingerprint density at radius 3 is 2.42 bits per heavy atom. The van der Waals surface area contributed by atoms with Crippen LogP contribution in [-0.2, 0) is 21.2 Å². The Morgan fingerprint density at radius 2 is 1.81 bits per heavy atom. The fourth-order valence-electron chi connectivity index (χ4n) is 2.85. The van der Waals surface area contributed by atoms with E-state index in [1.165, 1.54) is 26.1 Å². The topological polar surface area (TPSA) is 123 Å². The summed E-state index contributed by atoms with van der Waals surface area (Å²) in [5, 5.41) is 13.3. The van der Waals surface area contributed by atoms with Gasteiger partial charge >= 0.3 is 5.97 Å². The molecule has 31 heavy (non-hydrogen) atoms. The van der Waals surface area contributed by atoms with Gasteiger partial charge in [0.15, 0.2) is 14.9 Å². The molecular formula is C22H22N2O6S. The Balaban J connectivity index is 1.95. The van der Waals surface area contributed by atoms with Gasteiger partial charge in [0.25, 0.3) is 5.91 Å². The number of ether oxygens (including phenoxy) is 1. The average Bonchev–Trinajstić information content (AvgIpc) is 2.71. The van der Waals surface area contributed by atoms with E-state index in [2.05, 4.69) is 10.3 Å². The second kappa shape index (κ2) is 8.35. The van der Waals surface area contributed by atoms with Crippen LogP contribution in [0, 0.1) is 0 Å². The highest BCUT2D eigenvalue weighted by atomic mass is 32.2. The highest BCUT2D eigenvalue weighted by molar-refractivity contribution is 7.90. The van der Waals surface area contributed by atoms with E-state index >= 15 is 0 Å². The molecule has 0 saturated heterocycles. The quantitative estimate of drug-likeness (QED) is 0.577. The summed E-state index contributed by atoms with van der Waals surface area (Å²) in [4.78, 5) is 28.2. The van der Waals surface area contributed by atoms with Gasteiger partial charge in [-0.15, -0.1) is 0 Å². The molecule has 2 aromatic carbocycles. The number of carboxylic acids is 1. The average molecular weight is 442 g/mol. The summed E-state index contributed by atoms with van der Waals surface area (Å²) in [6.45, 7) is 2.82. The molecule has 1 aromatic heterocycles. The fourth-order valence-corrected chi connectivity index (χ4v) is 3.41. The van der Waals surface area contributed by atoms with Crippen molar-refractivity contribution in [1.82, 2.24) is 10.3 Å². The van der Waals surface area contributed by atoms with Crippen LogP contribution in [0.1, 0.15) is 29.8 Å². The maximum Gasteiger partial charge on any atom is 0.328 e. The lowest BCUT2D eigenvalue weighted by Crippen LogP contribution is -2.49. The molecule has 1 heterocycles. The maximum absolute atomic E-state index is 12.9. The van der Waals surface area contributed by atoms with Crippen molar-refractivity contribution in [2.24, 2.45) is 0 Å². The normalized spacial score (nSPS) is 11.8. The lowest BCUT2D eigenvalue weighted by atomic mass is 10.0. The van der Waals surface area contributed by atoms with Crippen LogP contribution < -0.4 is 10.1 Å². The highest BCUT2D eigenvalue weighted by Gasteiger charge is 2.30. The van der Waals surface area contributed by atoms with Gasteiger partial charge in [-0.3, -0.25) is 4.79 Å². The van der Waals surface area contributed by atoms with E-state index in [0.29, 0.717) is 16.7 Å². The molecule has 2 N–H and O–H groups in total. The molecule has 8 nitrogen and oxygen atoms in total. The number of carbonyl (C=O) groups is 2. The van der Waals surface area contributed by atoms with Gasteiger partial charge in [-0.2, -0.15) is 0 Å². The van der Waals surface area contributed by atoms with Gasteiger partial charge in [0, 0.05) is 23.4 Å². The van der Waals surface area contributed by atoms with E-state index in [1.807, 2.05) is 12.1 Å². The van der Waals surface area contributed by atoms with Crippen molar-refractivity contribution in [1.29, 1.82) is 0 Å². The van der Waals surface area contributed by atoms with Gasteiger partial charge in [0.2, 0.25) is 0 Å². The van der Waals surface area contributed by atoms with Gasteiger partial charge in [0.1, 0.15) is 17.9 Å². The number of carbonyl (C=O) groups excluding carboxylic acids is 1. The molecule has 0 radical (unpaired) electrons. The SMILES string of the molecule is CC(C)(NC(=O)c1ccc2ccccc2c1OCc1ccc(S(C)(=O)=O)nc1)C(=O)O. The minimum Gasteiger partial charge on any atom is -0.487 e. The van der Waals surface area contributed by atoms with Gasteiger partial charge in [-0.05, 0) is 31.4 Å². The van der Waals surface area contributed by atoms with Crippen LogP contribution >= 0.6 is 0 Å². The van der Waals surface area contributed by atoms with Crippen molar-refractivity contribution in [3.8, 4) is 5.75 Å². The standard InChI is InChI=1S/C22H22N2O6S/c1-22(2,21(26)27)24-20(25)17-10-9-15-6-4-5-7-16(15)19(17)30-13-14-8-11-18(23-12-14)31(3,28)29/h4-12H,13H2,1-3H3,(H,24,25)(H,26,27). The lowest BCUT2D eigenvalue weighted by Gasteiger charge is -2.22. The molecule has 0 aliphatic rings. The first-order chi connectivity index (χ1) is 14.5. The predicted molar refractivity (Wildman–Crippen MR) is 115 cm³/mol. The lowest BCUT2D eigenvalue weighted by molar-refractivity contribution is -0.143. The number of hydrogen-bond acceptors (Lipinski definition) is 6. The van der Waals surface area contributed by atoms with Crippen LogP contribution in [0.2, 0.25) is 0 Å². The summed E-state index contributed by atoms with van der Waals surface area (Å²) < 4.78 is 29.1. The number of fused-ring (bicyclic) bond motifs is 1. The van der Waals surface area contributed by atoms with Crippen LogP contribution in [0.25, 0.3) is 10.8 Å². The zero-order chi connectivity index (χ0) is 22.8. The zero-order valence-electron chi connectivity index (χ0n) is 17.2. The first-order valence-electron chi connectivity index (χ1n) is 9.34. The Bertz CT molecular complexity index is 1250. The van der Waals surface area contributed by atoms with Crippen molar-refractivity contribution >= 4 is 32.5 Å². The highest BCUT2D eigenvalue weighted by Crippen LogP contribution is 2.31. The molecule has 9 heteroatoms.